The van der Waals surface area contributed by atoms with E-state index in [1.165, 1.54) is 5.56 Å². The van der Waals surface area contributed by atoms with Crippen LogP contribution in [0.4, 0.5) is 0 Å². The van der Waals surface area contributed by atoms with E-state index in [9.17, 15) is 0 Å². The van der Waals surface area contributed by atoms with Gasteiger partial charge in [0.05, 0.1) is 0 Å². The first kappa shape index (κ1) is 9.07. The van der Waals surface area contributed by atoms with Gasteiger partial charge in [-0.15, -0.1) is 0 Å². The Kier molecular flexibility index (Phi) is 3.11. The average Bonchev–Trinajstić information content (AvgIpc) is 2.09. The largest absolute Gasteiger partial charge is 0.508 e. The predicted molar refractivity (Wildman–Crippen MR) is 50.1 cm³/mol. The Hall–Kier alpha value is -1.02. The summed E-state index contributed by atoms with van der Waals surface area (Å²) < 4.78 is 0. The number of hydrogen-bond donors (Lipinski definition) is 2. The Balaban J connectivity index is 2.58. The molecule has 12 heavy (non-hydrogen) atoms. The molecule has 0 spiro atoms. The van der Waals surface area contributed by atoms with E-state index in [0.29, 0.717) is 5.75 Å². The molecule has 66 valence electrons. The topological polar surface area (TPSA) is 46.2 Å². The van der Waals surface area contributed by atoms with Gasteiger partial charge in [-0.25, -0.2) is 0 Å². The lowest BCUT2D eigenvalue weighted by molar-refractivity contribution is 0.475. The number of benzene rings is 1. The summed E-state index contributed by atoms with van der Waals surface area (Å²) >= 11 is 0. The molecule has 1 aromatic carbocycles. The fraction of sp³-hybridized carbons (Fsp3) is 0.400. The van der Waals surface area contributed by atoms with Crippen LogP contribution in [0.2, 0.25) is 0 Å². The van der Waals surface area contributed by atoms with Crippen molar-refractivity contribution in [1.29, 1.82) is 0 Å². The summed E-state index contributed by atoms with van der Waals surface area (Å²) in [5, 5.41) is 9.02. The molecule has 1 atom stereocenters. The van der Waals surface area contributed by atoms with Crippen LogP contribution in [0.5, 0.6) is 5.75 Å². The van der Waals surface area contributed by atoms with Crippen molar-refractivity contribution in [2.45, 2.75) is 25.8 Å². The highest BCUT2D eigenvalue weighted by Crippen LogP contribution is 2.11. The van der Waals surface area contributed by atoms with Gasteiger partial charge in [0.2, 0.25) is 0 Å². The molecule has 0 saturated carbocycles. The minimum Gasteiger partial charge on any atom is -0.508 e. The zero-order chi connectivity index (χ0) is 8.97. The summed E-state index contributed by atoms with van der Waals surface area (Å²) in [6, 6.07) is 7.43. The lowest BCUT2D eigenvalue weighted by Gasteiger charge is -2.07. The molecule has 1 unspecified atom stereocenters. The summed E-state index contributed by atoms with van der Waals surface area (Å²) in [5.41, 5.74) is 6.96. The molecule has 1 aromatic rings. The highest BCUT2D eigenvalue weighted by molar-refractivity contribution is 5.26. The van der Waals surface area contributed by atoms with Gasteiger partial charge in [-0.3, -0.25) is 0 Å². The van der Waals surface area contributed by atoms with E-state index < -0.39 is 0 Å². The molecule has 3 N–H and O–H groups in total. The van der Waals surface area contributed by atoms with E-state index >= 15 is 0 Å². The minimum atomic E-state index is 0.231. The van der Waals surface area contributed by atoms with Crippen molar-refractivity contribution in [2.75, 3.05) is 0 Å². The Morgan fingerprint density at radius 1 is 1.33 bits per heavy atom. The lowest BCUT2D eigenvalue weighted by Crippen LogP contribution is -2.21. The standard InChI is InChI=1S/C10H15NO/c1-2-9(11)7-8-3-5-10(12)6-4-8/h3-6,9,12H,2,7,11H2,1H3. The van der Waals surface area contributed by atoms with Crippen molar-refractivity contribution >= 4 is 0 Å². The van der Waals surface area contributed by atoms with Crippen molar-refractivity contribution in [3.63, 3.8) is 0 Å². The second-order valence-electron chi connectivity index (χ2n) is 3.04. The molecular formula is C10H15NO. The number of hydrogen-bond acceptors (Lipinski definition) is 2. The maximum Gasteiger partial charge on any atom is 0.115 e. The van der Waals surface area contributed by atoms with E-state index in [2.05, 4.69) is 6.92 Å². The van der Waals surface area contributed by atoms with Crippen LogP contribution < -0.4 is 5.73 Å². The van der Waals surface area contributed by atoms with Gasteiger partial charge in [0.25, 0.3) is 0 Å². The molecule has 0 aliphatic rings. The monoisotopic (exact) mass is 165 g/mol. The van der Waals surface area contributed by atoms with Crippen molar-refractivity contribution in [1.82, 2.24) is 0 Å². The van der Waals surface area contributed by atoms with Crippen LogP contribution in [-0.2, 0) is 6.42 Å². The van der Waals surface area contributed by atoms with E-state index in [4.69, 9.17) is 10.8 Å². The van der Waals surface area contributed by atoms with Crippen molar-refractivity contribution in [3.8, 4) is 5.75 Å². The molecular weight excluding hydrogens is 150 g/mol. The number of aromatic hydroxyl groups is 1. The predicted octanol–water partition coefficient (Wildman–Crippen LogP) is 1.67. The quantitative estimate of drug-likeness (QED) is 0.715. The van der Waals surface area contributed by atoms with Crippen LogP contribution in [0.25, 0.3) is 0 Å². The molecule has 0 aliphatic carbocycles. The molecule has 2 nitrogen and oxygen atoms in total. The molecule has 0 aliphatic heterocycles. The second kappa shape index (κ2) is 4.12. The third-order valence-electron chi connectivity index (χ3n) is 1.96. The first-order valence-electron chi connectivity index (χ1n) is 4.26. The van der Waals surface area contributed by atoms with Gasteiger partial charge in [-0.05, 0) is 30.5 Å². The first-order valence-corrected chi connectivity index (χ1v) is 4.26. The van der Waals surface area contributed by atoms with Crippen LogP contribution in [0.15, 0.2) is 24.3 Å². The van der Waals surface area contributed by atoms with Crippen molar-refractivity contribution in [2.24, 2.45) is 5.73 Å². The molecule has 0 heterocycles. The number of nitrogens with two attached hydrogens (primary N) is 1. The highest BCUT2D eigenvalue weighted by Gasteiger charge is 2.00. The van der Waals surface area contributed by atoms with Crippen LogP contribution in [0, 0.1) is 0 Å². The van der Waals surface area contributed by atoms with Gasteiger partial charge in [0.15, 0.2) is 0 Å². The van der Waals surface area contributed by atoms with E-state index in [-0.39, 0.29) is 6.04 Å². The summed E-state index contributed by atoms with van der Waals surface area (Å²) in [6.45, 7) is 2.07. The summed E-state index contributed by atoms with van der Waals surface area (Å²) in [5.74, 6) is 0.309. The summed E-state index contributed by atoms with van der Waals surface area (Å²) in [4.78, 5) is 0. The Labute approximate surface area is 73.0 Å². The third kappa shape index (κ3) is 2.55. The number of phenolic OH excluding ortho intramolecular Hbond substituents is 1. The molecule has 0 amide bonds. The van der Waals surface area contributed by atoms with E-state index in [0.717, 1.165) is 12.8 Å². The third-order valence-corrected chi connectivity index (χ3v) is 1.96. The fourth-order valence-corrected chi connectivity index (χ4v) is 1.08. The second-order valence-corrected chi connectivity index (χ2v) is 3.04. The molecule has 0 saturated heterocycles. The zero-order valence-corrected chi connectivity index (χ0v) is 7.33. The normalized spacial score (nSPS) is 12.8. The maximum absolute atomic E-state index is 9.02. The Bertz CT molecular complexity index is 230. The van der Waals surface area contributed by atoms with Crippen LogP contribution in [0.1, 0.15) is 18.9 Å². The van der Waals surface area contributed by atoms with Gasteiger partial charge >= 0.3 is 0 Å². The lowest BCUT2D eigenvalue weighted by atomic mass is 10.1. The number of phenols is 1. The minimum absolute atomic E-state index is 0.231. The molecule has 0 bridgehead atoms. The molecule has 1 rings (SSSR count). The van der Waals surface area contributed by atoms with Gasteiger partial charge in [0, 0.05) is 6.04 Å². The zero-order valence-electron chi connectivity index (χ0n) is 7.33. The summed E-state index contributed by atoms with van der Waals surface area (Å²) in [7, 11) is 0. The van der Waals surface area contributed by atoms with E-state index in [1.807, 2.05) is 12.1 Å². The molecule has 0 radical (unpaired) electrons. The molecule has 0 aromatic heterocycles. The van der Waals surface area contributed by atoms with Gasteiger partial charge in [0.1, 0.15) is 5.75 Å². The van der Waals surface area contributed by atoms with Crippen LogP contribution in [-0.4, -0.2) is 11.1 Å². The van der Waals surface area contributed by atoms with Crippen molar-refractivity contribution in [3.05, 3.63) is 29.8 Å². The summed E-state index contributed by atoms with van der Waals surface area (Å²) in [6.07, 6.45) is 1.87. The van der Waals surface area contributed by atoms with Gasteiger partial charge in [-0.2, -0.15) is 0 Å². The smallest absolute Gasteiger partial charge is 0.115 e. The molecule has 0 fully saturated rings. The van der Waals surface area contributed by atoms with Gasteiger partial charge < -0.3 is 10.8 Å². The highest BCUT2D eigenvalue weighted by atomic mass is 16.3. The Morgan fingerprint density at radius 2 is 1.92 bits per heavy atom. The average molecular weight is 165 g/mol. The van der Waals surface area contributed by atoms with Crippen LogP contribution >= 0.6 is 0 Å². The van der Waals surface area contributed by atoms with Crippen LogP contribution in [0.3, 0.4) is 0 Å². The Morgan fingerprint density at radius 3 is 2.42 bits per heavy atom. The maximum atomic E-state index is 9.02. The fourth-order valence-electron chi connectivity index (χ4n) is 1.08. The first-order chi connectivity index (χ1) is 5.72. The van der Waals surface area contributed by atoms with E-state index in [1.54, 1.807) is 12.1 Å². The number of rotatable bonds is 3. The van der Waals surface area contributed by atoms with Crippen molar-refractivity contribution < 1.29 is 5.11 Å². The SMILES string of the molecule is CCC(N)Cc1ccc(O)cc1. The van der Waals surface area contributed by atoms with Gasteiger partial charge in [-0.1, -0.05) is 19.1 Å². The molecule has 2 heteroatoms.